The normalized spacial score (nSPS) is 11.9. The fraction of sp³-hybridized carbons (Fsp3) is 0.280. The van der Waals surface area contributed by atoms with Gasteiger partial charge in [-0.3, -0.25) is 0 Å². The maximum absolute atomic E-state index is 9.95. The molecule has 0 bridgehead atoms. The molecule has 0 fully saturated rings. The third kappa shape index (κ3) is 4.63. The van der Waals surface area contributed by atoms with Crippen LogP contribution in [0.1, 0.15) is 43.0 Å². The summed E-state index contributed by atoms with van der Waals surface area (Å²) in [5.41, 5.74) is 4.86. The van der Waals surface area contributed by atoms with Gasteiger partial charge in [0.1, 0.15) is 5.75 Å². The highest BCUT2D eigenvalue weighted by atomic mass is 31.1. The van der Waals surface area contributed by atoms with Gasteiger partial charge in [0.2, 0.25) is 0 Å². The van der Waals surface area contributed by atoms with E-state index in [1.54, 1.807) is 7.11 Å². The molecule has 1 unspecified atom stereocenters. The minimum absolute atomic E-state index is 0.0328. The summed E-state index contributed by atoms with van der Waals surface area (Å²) in [5, 5.41) is 12.5. The van der Waals surface area contributed by atoms with E-state index in [0.717, 1.165) is 17.7 Å². The molecule has 0 aromatic heterocycles. The third-order valence-corrected chi connectivity index (χ3v) is 6.58. The van der Waals surface area contributed by atoms with Crippen LogP contribution < -0.4 is 15.3 Å². The van der Waals surface area contributed by atoms with Crippen molar-refractivity contribution in [2.24, 2.45) is 0 Å². The average Bonchev–Trinajstić information content (AvgIpc) is 2.69. The van der Waals surface area contributed by atoms with Crippen molar-refractivity contribution >= 4 is 19.2 Å². The van der Waals surface area contributed by atoms with Gasteiger partial charge in [-0.25, -0.2) is 0 Å². The Kier molecular flexibility index (Phi) is 6.54. The van der Waals surface area contributed by atoms with Gasteiger partial charge in [0.05, 0.1) is 13.7 Å². The highest BCUT2D eigenvalue weighted by Crippen LogP contribution is 2.29. The number of hydrogen-bond donors (Lipinski definition) is 1. The Morgan fingerprint density at radius 1 is 0.821 bits per heavy atom. The molecule has 3 heteroatoms. The Bertz CT molecular complexity index is 941. The first kappa shape index (κ1) is 20.6. The van der Waals surface area contributed by atoms with Crippen LogP contribution in [0.25, 0.3) is 0 Å². The number of para-hydroxylation sites is 1. The fourth-order valence-corrected chi connectivity index (χ4v) is 5.19. The lowest BCUT2D eigenvalue weighted by Gasteiger charge is -2.25. The summed E-state index contributed by atoms with van der Waals surface area (Å²) in [6.07, 6.45) is 0.833. The number of rotatable bonds is 6. The molecule has 0 amide bonds. The van der Waals surface area contributed by atoms with Gasteiger partial charge in [-0.05, 0) is 44.3 Å². The molecule has 0 aliphatic rings. The smallest absolute Gasteiger partial charge is 0.122 e. The molecule has 0 radical (unpaired) electrons. The molecule has 0 saturated carbocycles. The van der Waals surface area contributed by atoms with Crippen molar-refractivity contribution in [1.82, 2.24) is 0 Å². The second-order valence-corrected chi connectivity index (χ2v) is 9.31. The van der Waals surface area contributed by atoms with E-state index in [-0.39, 0.29) is 12.0 Å². The molecule has 146 valence electrons. The topological polar surface area (TPSA) is 29.5 Å². The van der Waals surface area contributed by atoms with Crippen molar-refractivity contribution in [1.29, 1.82) is 0 Å². The highest BCUT2D eigenvalue weighted by molar-refractivity contribution is 7.55. The minimum Gasteiger partial charge on any atom is -0.496 e. The van der Waals surface area contributed by atoms with E-state index in [4.69, 9.17) is 4.74 Å². The van der Waals surface area contributed by atoms with Crippen molar-refractivity contribution in [2.75, 3.05) is 7.11 Å². The molecule has 3 rings (SSSR count). The lowest BCUT2D eigenvalue weighted by molar-refractivity contribution is 0.282. The number of ether oxygens (including phenoxy) is 1. The number of hydrogen-bond acceptors (Lipinski definition) is 2. The molecule has 28 heavy (non-hydrogen) atoms. The molecule has 0 heterocycles. The number of methoxy groups -OCH3 is 1. The Labute approximate surface area is 170 Å². The third-order valence-electron chi connectivity index (χ3n) is 4.98. The molecular formula is C25H29O2P. The van der Waals surface area contributed by atoms with Crippen LogP contribution in [-0.2, 0) is 18.4 Å². The molecule has 0 spiro atoms. The monoisotopic (exact) mass is 392 g/mol. The number of benzene rings is 3. The van der Waals surface area contributed by atoms with Crippen molar-refractivity contribution in [3.8, 4) is 5.75 Å². The van der Waals surface area contributed by atoms with E-state index < -0.39 is 0 Å². The summed E-state index contributed by atoms with van der Waals surface area (Å²) in [7, 11) is 2.22. The van der Waals surface area contributed by atoms with Crippen LogP contribution in [0.2, 0.25) is 0 Å². The van der Waals surface area contributed by atoms with Crippen molar-refractivity contribution in [2.45, 2.75) is 39.2 Å². The molecule has 2 nitrogen and oxygen atoms in total. The molecule has 1 N–H and O–H groups in total. The van der Waals surface area contributed by atoms with Gasteiger partial charge in [-0.2, -0.15) is 0 Å². The molecular weight excluding hydrogens is 363 g/mol. The summed E-state index contributed by atoms with van der Waals surface area (Å²) in [5.74, 6) is 0.923. The number of aliphatic hydroxyl groups is 1. The molecule has 1 atom stereocenters. The van der Waals surface area contributed by atoms with Crippen LogP contribution in [0.4, 0.5) is 0 Å². The van der Waals surface area contributed by atoms with Crippen molar-refractivity contribution in [3.63, 3.8) is 0 Å². The molecule has 3 aromatic rings. The zero-order valence-corrected chi connectivity index (χ0v) is 18.1. The zero-order valence-electron chi connectivity index (χ0n) is 17.1. The van der Waals surface area contributed by atoms with Gasteiger partial charge in [0.25, 0.3) is 0 Å². The van der Waals surface area contributed by atoms with Crippen LogP contribution in [0, 0.1) is 0 Å². The van der Waals surface area contributed by atoms with Crippen LogP contribution >= 0.6 is 8.58 Å². The Morgan fingerprint density at radius 3 is 2.14 bits per heavy atom. The fourth-order valence-electron chi connectivity index (χ4n) is 3.49. The second-order valence-electron chi connectivity index (χ2n) is 8.02. The van der Waals surface area contributed by atoms with E-state index in [2.05, 4.69) is 69.3 Å². The maximum atomic E-state index is 9.95. The molecule has 3 aromatic carbocycles. The lowest BCUT2D eigenvalue weighted by Crippen LogP contribution is -2.24. The quantitative estimate of drug-likeness (QED) is 0.616. The summed E-state index contributed by atoms with van der Waals surface area (Å²) >= 11 is 0. The highest BCUT2D eigenvalue weighted by Gasteiger charge is 2.21. The van der Waals surface area contributed by atoms with Crippen LogP contribution in [0.5, 0.6) is 5.75 Å². The Balaban J connectivity index is 2.02. The summed E-state index contributed by atoms with van der Waals surface area (Å²) in [6, 6.07) is 23.1. The molecule has 0 aliphatic heterocycles. The molecule has 0 aliphatic carbocycles. The standard InChI is InChI=1S/C25H29O2P/c1-25(2,3)21-13-9-12-20(17-26)24(21)28-23-15-8-6-11-19(23)16-18-10-5-7-14-22(18)27-4/h5-15,26,28H,16-17H2,1-4H3. The SMILES string of the molecule is COc1ccccc1Cc1ccccc1Pc1c(CO)cccc1C(C)(C)C. The summed E-state index contributed by atoms with van der Waals surface area (Å²) < 4.78 is 5.55. The van der Waals surface area contributed by atoms with E-state index in [1.807, 2.05) is 18.2 Å². The van der Waals surface area contributed by atoms with Crippen LogP contribution in [0.15, 0.2) is 66.7 Å². The van der Waals surface area contributed by atoms with Crippen LogP contribution in [-0.4, -0.2) is 12.2 Å². The average molecular weight is 392 g/mol. The van der Waals surface area contributed by atoms with Gasteiger partial charge in [0.15, 0.2) is 0 Å². The minimum atomic E-state index is 0.0328. The van der Waals surface area contributed by atoms with Crippen LogP contribution in [0.3, 0.4) is 0 Å². The summed E-state index contributed by atoms with van der Waals surface area (Å²) in [4.78, 5) is 0. The molecule has 0 saturated heterocycles. The lowest BCUT2D eigenvalue weighted by atomic mass is 9.86. The number of aliphatic hydroxyl groups excluding tert-OH is 1. The van der Waals surface area contributed by atoms with E-state index in [0.29, 0.717) is 8.58 Å². The van der Waals surface area contributed by atoms with Gasteiger partial charge in [-0.1, -0.05) is 90.0 Å². The van der Waals surface area contributed by atoms with Gasteiger partial charge in [-0.15, -0.1) is 0 Å². The van der Waals surface area contributed by atoms with Crippen molar-refractivity contribution < 1.29 is 9.84 Å². The summed E-state index contributed by atoms with van der Waals surface area (Å²) in [6.45, 7) is 6.77. The maximum Gasteiger partial charge on any atom is 0.122 e. The van der Waals surface area contributed by atoms with E-state index in [1.165, 1.54) is 27.3 Å². The van der Waals surface area contributed by atoms with Gasteiger partial charge >= 0.3 is 0 Å². The van der Waals surface area contributed by atoms with E-state index >= 15 is 0 Å². The van der Waals surface area contributed by atoms with Crippen molar-refractivity contribution in [3.05, 3.63) is 89.0 Å². The van der Waals surface area contributed by atoms with Gasteiger partial charge in [0, 0.05) is 6.42 Å². The predicted octanol–water partition coefficient (Wildman–Crippen LogP) is 4.71. The van der Waals surface area contributed by atoms with E-state index in [9.17, 15) is 5.11 Å². The first-order valence-electron chi connectivity index (χ1n) is 9.64. The first-order chi connectivity index (χ1) is 13.4. The Hall–Kier alpha value is -2.15. The zero-order chi connectivity index (χ0) is 20.1. The van der Waals surface area contributed by atoms with Gasteiger partial charge < -0.3 is 9.84 Å². The predicted molar refractivity (Wildman–Crippen MR) is 121 cm³/mol. The first-order valence-corrected chi connectivity index (χ1v) is 10.6. The second kappa shape index (κ2) is 8.90. The largest absolute Gasteiger partial charge is 0.496 e. The Morgan fingerprint density at radius 2 is 1.46 bits per heavy atom.